The van der Waals surface area contributed by atoms with Gasteiger partial charge in [0, 0.05) is 23.3 Å². The number of aryl methyl sites for hydroxylation is 1. The molecule has 0 spiro atoms. The molecule has 1 heterocycles. The lowest BCUT2D eigenvalue weighted by Crippen LogP contribution is -2.19. The highest BCUT2D eigenvalue weighted by atomic mass is 32.1. The van der Waals surface area contributed by atoms with Crippen LogP contribution in [0.15, 0.2) is 24.3 Å². The molecule has 0 radical (unpaired) electrons. The number of nitrogens with zero attached hydrogens (tertiary/aromatic N) is 1. The molecule has 2 aliphatic rings. The molecule has 4 rings (SSSR count). The van der Waals surface area contributed by atoms with Crippen LogP contribution in [0.1, 0.15) is 51.4 Å². The summed E-state index contributed by atoms with van der Waals surface area (Å²) in [5, 5.41) is 1.32. The molecule has 0 saturated heterocycles. The zero-order valence-corrected chi connectivity index (χ0v) is 11.7. The van der Waals surface area contributed by atoms with Crippen molar-refractivity contribution in [1.29, 1.82) is 0 Å². The molecule has 2 N–H and O–H groups in total. The molecular formula is C16H18N2S. The largest absolute Gasteiger partial charge is 0.330 e. The lowest BCUT2D eigenvalue weighted by atomic mass is 9.78. The molecule has 0 amide bonds. The van der Waals surface area contributed by atoms with E-state index < -0.39 is 0 Å². The fourth-order valence-electron chi connectivity index (χ4n) is 3.38. The van der Waals surface area contributed by atoms with Gasteiger partial charge in [0.05, 0.1) is 5.69 Å². The minimum atomic E-state index is 0.504. The monoisotopic (exact) mass is 270 g/mol. The summed E-state index contributed by atoms with van der Waals surface area (Å²) < 4.78 is 0. The second-order valence-corrected chi connectivity index (χ2v) is 6.76. The third kappa shape index (κ3) is 1.76. The Labute approximate surface area is 117 Å². The molecule has 98 valence electrons. The third-order valence-electron chi connectivity index (χ3n) is 4.52. The summed E-state index contributed by atoms with van der Waals surface area (Å²) in [6.07, 6.45) is 4.86. The second kappa shape index (κ2) is 4.43. The number of benzene rings is 1. The van der Waals surface area contributed by atoms with E-state index in [2.05, 4.69) is 24.3 Å². The van der Waals surface area contributed by atoms with Crippen LogP contribution < -0.4 is 5.73 Å². The first kappa shape index (κ1) is 11.6. The van der Waals surface area contributed by atoms with Gasteiger partial charge >= 0.3 is 0 Å². The highest BCUT2D eigenvalue weighted by molar-refractivity contribution is 7.11. The molecule has 3 heteroatoms. The predicted octanol–water partition coefficient (Wildman–Crippen LogP) is 3.21. The number of thiazole rings is 1. The summed E-state index contributed by atoms with van der Waals surface area (Å²) in [5.41, 5.74) is 10.2. The van der Waals surface area contributed by atoms with E-state index in [1.165, 1.54) is 46.0 Å². The topological polar surface area (TPSA) is 38.9 Å². The summed E-state index contributed by atoms with van der Waals surface area (Å²) in [6, 6.07) is 8.76. The number of hydrogen-bond donors (Lipinski definition) is 1. The van der Waals surface area contributed by atoms with Crippen molar-refractivity contribution < 1.29 is 0 Å². The minimum absolute atomic E-state index is 0.504. The van der Waals surface area contributed by atoms with Crippen molar-refractivity contribution in [3.63, 3.8) is 0 Å². The molecule has 0 saturated carbocycles. The van der Waals surface area contributed by atoms with Gasteiger partial charge in [0.15, 0.2) is 0 Å². The second-order valence-electron chi connectivity index (χ2n) is 5.64. The van der Waals surface area contributed by atoms with Crippen LogP contribution >= 0.6 is 11.3 Å². The fraction of sp³-hybridized carbons (Fsp3) is 0.438. The van der Waals surface area contributed by atoms with E-state index >= 15 is 0 Å². The average Bonchev–Trinajstić information content (AvgIpc) is 2.83. The molecular weight excluding hydrogens is 252 g/mol. The van der Waals surface area contributed by atoms with Crippen LogP contribution in [0.4, 0.5) is 0 Å². The SMILES string of the molecule is NCC1CCCc2sc(C3Cc4ccccc43)nc21. The number of fused-ring (bicyclic) bond motifs is 2. The molecule has 1 aromatic carbocycles. The first-order valence-electron chi connectivity index (χ1n) is 7.14. The summed E-state index contributed by atoms with van der Waals surface area (Å²) in [5.74, 6) is 1.05. The van der Waals surface area contributed by atoms with E-state index in [0.717, 1.165) is 13.0 Å². The quantitative estimate of drug-likeness (QED) is 0.910. The van der Waals surface area contributed by atoms with Gasteiger partial charge in [-0.25, -0.2) is 4.98 Å². The molecule has 2 aromatic rings. The van der Waals surface area contributed by atoms with Crippen molar-refractivity contribution in [2.45, 2.75) is 37.5 Å². The van der Waals surface area contributed by atoms with Gasteiger partial charge in [-0.2, -0.15) is 0 Å². The van der Waals surface area contributed by atoms with E-state index in [-0.39, 0.29) is 0 Å². The standard InChI is InChI=1S/C16H18N2S/c17-9-11-5-3-7-14-15(11)18-16(19-14)13-8-10-4-1-2-6-12(10)13/h1-2,4,6,11,13H,3,5,7-9,17H2. The maximum absolute atomic E-state index is 5.89. The van der Waals surface area contributed by atoms with Crippen molar-refractivity contribution in [2.24, 2.45) is 5.73 Å². The number of nitrogens with two attached hydrogens (primary N) is 1. The average molecular weight is 270 g/mol. The maximum Gasteiger partial charge on any atom is 0.101 e. The zero-order valence-electron chi connectivity index (χ0n) is 10.9. The fourth-order valence-corrected chi connectivity index (χ4v) is 4.70. The Balaban J connectivity index is 1.70. The smallest absolute Gasteiger partial charge is 0.101 e. The summed E-state index contributed by atoms with van der Waals surface area (Å²) >= 11 is 1.94. The van der Waals surface area contributed by atoms with Crippen molar-refractivity contribution >= 4 is 11.3 Å². The third-order valence-corrected chi connectivity index (χ3v) is 5.77. The van der Waals surface area contributed by atoms with Gasteiger partial charge in [0.25, 0.3) is 0 Å². The molecule has 2 unspecified atom stereocenters. The van der Waals surface area contributed by atoms with Gasteiger partial charge in [0.2, 0.25) is 0 Å². The van der Waals surface area contributed by atoms with Crippen LogP contribution in [-0.2, 0) is 12.8 Å². The molecule has 19 heavy (non-hydrogen) atoms. The zero-order chi connectivity index (χ0) is 12.8. The van der Waals surface area contributed by atoms with Crippen molar-refractivity contribution in [2.75, 3.05) is 6.54 Å². The Morgan fingerprint density at radius 3 is 3.05 bits per heavy atom. The van der Waals surface area contributed by atoms with Gasteiger partial charge in [-0.3, -0.25) is 0 Å². The Kier molecular flexibility index (Phi) is 2.71. The first-order chi connectivity index (χ1) is 9.36. The van der Waals surface area contributed by atoms with Gasteiger partial charge in [-0.15, -0.1) is 11.3 Å². The van der Waals surface area contributed by atoms with Crippen LogP contribution in [0.3, 0.4) is 0 Å². The summed E-state index contributed by atoms with van der Waals surface area (Å²) in [6.45, 7) is 0.747. The van der Waals surface area contributed by atoms with E-state index in [4.69, 9.17) is 10.7 Å². The normalized spacial score (nSPS) is 24.5. The Bertz CT molecular complexity index is 617. The minimum Gasteiger partial charge on any atom is -0.330 e. The Morgan fingerprint density at radius 2 is 2.21 bits per heavy atom. The maximum atomic E-state index is 5.89. The summed E-state index contributed by atoms with van der Waals surface area (Å²) in [7, 11) is 0. The van der Waals surface area contributed by atoms with Gasteiger partial charge in [0.1, 0.15) is 5.01 Å². The molecule has 1 aromatic heterocycles. The van der Waals surface area contributed by atoms with Crippen LogP contribution in [0.25, 0.3) is 0 Å². The van der Waals surface area contributed by atoms with Crippen molar-refractivity contribution in [1.82, 2.24) is 4.98 Å². The summed E-state index contributed by atoms with van der Waals surface area (Å²) in [4.78, 5) is 6.46. The van der Waals surface area contributed by atoms with E-state index in [9.17, 15) is 0 Å². The predicted molar refractivity (Wildman–Crippen MR) is 78.8 cm³/mol. The van der Waals surface area contributed by atoms with Crippen molar-refractivity contribution in [3.8, 4) is 0 Å². The molecule has 0 bridgehead atoms. The van der Waals surface area contributed by atoms with Gasteiger partial charge in [-0.05, 0) is 36.8 Å². The lowest BCUT2D eigenvalue weighted by Gasteiger charge is -2.28. The number of rotatable bonds is 2. The van der Waals surface area contributed by atoms with Gasteiger partial charge < -0.3 is 5.73 Å². The molecule has 2 aliphatic carbocycles. The number of hydrogen-bond acceptors (Lipinski definition) is 3. The molecule has 2 atom stereocenters. The van der Waals surface area contributed by atoms with Crippen LogP contribution in [0.5, 0.6) is 0 Å². The van der Waals surface area contributed by atoms with E-state index in [0.29, 0.717) is 11.8 Å². The lowest BCUT2D eigenvalue weighted by molar-refractivity contribution is 0.551. The van der Waals surface area contributed by atoms with Crippen molar-refractivity contribution in [3.05, 3.63) is 51.0 Å². The molecule has 2 nitrogen and oxygen atoms in total. The van der Waals surface area contributed by atoms with Crippen LogP contribution in [0.2, 0.25) is 0 Å². The Morgan fingerprint density at radius 1 is 1.32 bits per heavy atom. The van der Waals surface area contributed by atoms with Gasteiger partial charge in [-0.1, -0.05) is 24.3 Å². The van der Waals surface area contributed by atoms with E-state index in [1.54, 1.807) is 0 Å². The highest BCUT2D eigenvalue weighted by Gasteiger charge is 2.32. The molecule has 0 fully saturated rings. The highest BCUT2D eigenvalue weighted by Crippen LogP contribution is 2.44. The van der Waals surface area contributed by atoms with Crippen LogP contribution in [-0.4, -0.2) is 11.5 Å². The first-order valence-corrected chi connectivity index (χ1v) is 7.96. The number of aromatic nitrogens is 1. The van der Waals surface area contributed by atoms with Crippen LogP contribution in [0, 0.1) is 0 Å². The Hall–Kier alpha value is -1.19. The van der Waals surface area contributed by atoms with E-state index in [1.807, 2.05) is 11.3 Å². The molecule has 0 aliphatic heterocycles.